The van der Waals surface area contributed by atoms with Crippen LogP contribution in [-0.4, -0.2) is 17.8 Å². The molecule has 1 unspecified atom stereocenters. The van der Waals surface area contributed by atoms with Crippen LogP contribution in [0.5, 0.6) is 0 Å². The van der Waals surface area contributed by atoms with Gasteiger partial charge in [-0.05, 0) is 32.1 Å². The van der Waals surface area contributed by atoms with Crippen LogP contribution in [0.3, 0.4) is 0 Å². The first-order valence-corrected chi connectivity index (χ1v) is 6.23. The molecule has 19 heavy (non-hydrogen) atoms. The number of nitrogens with zero attached hydrogens (tertiary/aromatic N) is 1. The van der Waals surface area contributed by atoms with Crippen LogP contribution in [0.4, 0.5) is 4.79 Å². The van der Waals surface area contributed by atoms with E-state index in [9.17, 15) is 14.4 Å². The molecule has 1 saturated heterocycles. The summed E-state index contributed by atoms with van der Waals surface area (Å²) in [6, 6.07) is -0.847. The molecule has 0 spiro atoms. The molecule has 1 saturated carbocycles. The van der Waals surface area contributed by atoms with Crippen molar-refractivity contribution in [3.8, 4) is 0 Å². The molecule has 1 atom stereocenters. The average Bonchev–Trinajstić information content (AvgIpc) is 2.76. The van der Waals surface area contributed by atoms with E-state index in [2.05, 4.69) is 17.2 Å². The zero-order chi connectivity index (χ0) is 13.3. The van der Waals surface area contributed by atoms with Crippen LogP contribution in [-0.2, 0) is 9.59 Å². The van der Waals surface area contributed by atoms with Crippen molar-refractivity contribution in [3.63, 3.8) is 0 Å². The zero-order valence-electron chi connectivity index (χ0n) is 11.5. The second-order valence-corrected chi connectivity index (χ2v) is 5.26. The van der Waals surface area contributed by atoms with Crippen molar-refractivity contribution in [1.29, 1.82) is 0 Å². The summed E-state index contributed by atoms with van der Waals surface area (Å²) in [5, 5.41) is 5.61. The van der Waals surface area contributed by atoms with Crippen molar-refractivity contribution in [2.24, 2.45) is 11.3 Å². The molecule has 1 N–H and O–H groups in total. The second kappa shape index (κ2) is 6.20. The van der Waals surface area contributed by atoms with Gasteiger partial charge in [-0.15, -0.1) is 6.58 Å². The summed E-state index contributed by atoms with van der Waals surface area (Å²) in [6.07, 6.45) is 3.96. The quantitative estimate of drug-likeness (QED) is 0.418. The molecule has 1 aliphatic carbocycles. The third-order valence-corrected chi connectivity index (χ3v) is 3.84. The topological polar surface area (TPSA) is 77.3 Å². The summed E-state index contributed by atoms with van der Waals surface area (Å²) in [5.74, 6) is -1.12. The average molecular weight is 272 g/mol. The fourth-order valence-electron chi connectivity index (χ4n) is 3.08. The van der Waals surface area contributed by atoms with Gasteiger partial charge in [-0.2, -0.15) is 0 Å². The molecular weight excluding hydrogens is 255 g/mol. The number of amides is 4. The number of carbonyl (C=O) groups is 3. The number of urea groups is 1. The molecule has 2 fully saturated rings. The number of carbonyl (C=O) groups excluding carboxylic acids is 3. The maximum absolute atomic E-state index is 12.2. The first-order valence-electron chi connectivity index (χ1n) is 6.23. The number of nitrogens with one attached hydrogen (secondary N) is 1. The van der Waals surface area contributed by atoms with Crippen LogP contribution >= 0.6 is 0 Å². The van der Waals surface area contributed by atoms with Gasteiger partial charge in [0, 0.05) is 0 Å². The molecule has 5 nitrogen and oxygen atoms in total. The van der Waals surface area contributed by atoms with Crippen molar-refractivity contribution in [1.82, 2.24) is 5.32 Å². The third kappa shape index (κ3) is 2.93. The van der Waals surface area contributed by atoms with Gasteiger partial charge in [0.1, 0.15) is 0 Å². The van der Waals surface area contributed by atoms with E-state index in [0.29, 0.717) is 0 Å². The number of rotatable bonds is 3. The smallest absolute Gasteiger partial charge is 0.394 e. The zero-order valence-corrected chi connectivity index (χ0v) is 13.5. The van der Waals surface area contributed by atoms with Crippen molar-refractivity contribution < 1.29 is 43.9 Å². The first-order chi connectivity index (χ1) is 8.46. The fourth-order valence-corrected chi connectivity index (χ4v) is 3.08. The van der Waals surface area contributed by atoms with Crippen molar-refractivity contribution in [3.05, 3.63) is 17.5 Å². The van der Waals surface area contributed by atoms with E-state index in [0.717, 1.165) is 31.3 Å². The molecule has 0 radical (unpaired) electrons. The van der Waals surface area contributed by atoms with Gasteiger partial charge < -0.3 is 10.6 Å². The van der Waals surface area contributed by atoms with Crippen molar-refractivity contribution >= 4 is 17.8 Å². The molecule has 2 rings (SSSR count). The third-order valence-electron chi connectivity index (χ3n) is 3.84. The monoisotopic (exact) mass is 272 g/mol. The van der Waals surface area contributed by atoms with E-state index in [1.807, 2.05) is 0 Å². The largest absolute Gasteiger partial charge is 1.00 e. The SMILES string of the molecule is C=C(C)CC1(C2CCCC2)C(=O)[N-]C(=O)NC1=O.[Na+]. The number of hydrogen-bond donors (Lipinski definition) is 1. The van der Waals surface area contributed by atoms with Crippen molar-refractivity contribution in [2.45, 2.75) is 39.0 Å². The molecular formula is C13H17N2NaO3. The predicted octanol–water partition coefficient (Wildman–Crippen LogP) is -0.717. The van der Waals surface area contributed by atoms with Crippen molar-refractivity contribution in [2.75, 3.05) is 0 Å². The summed E-state index contributed by atoms with van der Waals surface area (Å²) in [4.78, 5) is 35.5. The predicted molar refractivity (Wildman–Crippen MR) is 65.7 cm³/mol. The summed E-state index contributed by atoms with van der Waals surface area (Å²) in [5.41, 5.74) is -0.439. The Kier molecular flexibility index (Phi) is 5.35. The number of imide groups is 2. The van der Waals surface area contributed by atoms with Gasteiger partial charge in [0.2, 0.25) is 0 Å². The molecule has 1 aliphatic heterocycles. The van der Waals surface area contributed by atoms with Gasteiger partial charge in [0.05, 0.1) is 5.41 Å². The molecule has 0 aromatic carbocycles. The van der Waals surface area contributed by atoms with Gasteiger partial charge in [-0.25, -0.2) is 0 Å². The van der Waals surface area contributed by atoms with Gasteiger partial charge in [0.25, 0.3) is 0 Å². The maximum Gasteiger partial charge on any atom is 1.00 e. The van der Waals surface area contributed by atoms with E-state index in [4.69, 9.17) is 0 Å². The minimum atomic E-state index is -1.20. The summed E-state index contributed by atoms with van der Waals surface area (Å²) >= 11 is 0. The Balaban J connectivity index is 0.00000180. The molecule has 2 aliphatic rings. The Morgan fingerprint density at radius 2 is 1.95 bits per heavy atom. The summed E-state index contributed by atoms with van der Waals surface area (Å²) in [7, 11) is 0. The maximum atomic E-state index is 12.2. The van der Waals surface area contributed by atoms with E-state index in [-0.39, 0.29) is 41.9 Å². The van der Waals surface area contributed by atoms with Crippen LogP contribution < -0.4 is 34.9 Å². The number of allylic oxidation sites excluding steroid dienone is 1. The Hall–Kier alpha value is -0.650. The molecule has 98 valence electrons. The van der Waals surface area contributed by atoms with Gasteiger partial charge in [-0.3, -0.25) is 14.4 Å². The standard InChI is InChI=1S/C13H18N2O3.Na/c1-8(2)7-13(9-5-3-4-6-9)10(16)14-12(18)15-11(13)17;/h9H,1,3-7H2,2H3,(H2,14,15,16,17,18);/q;+1/p-1. The van der Waals surface area contributed by atoms with Crippen LogP contribution in [0.15, 0.2) is 12.2 Å². The minimum absolute atomic E-state index is 0. The van der Waals surface area contributed by atoms with Crippen LogP contribution in [0.25, 0.3) is 5.32 Å². The van der Waals surface area contributed by atoms with Crippen LogP contribution in [0.2, 0.25) is 0 Å². The van der Waals surface area contributed by atoms with Crippen LogP contribution in [0.1, 0.15) is 39.0 Å². The van der Waals surface area contributed by atoms with Gasteiger partial charge in [0.15, 0.2) is 17.8 Å². The first kappa shape index (κ1) is 16.4. The fraction of sp³-hybridized carbons (Fsp3) is 0.615. The normalized spacial score (nSPS) is 27.5. The Morgan fingerprint density at radius 1 is 1.37 bits per heavy atom. The van der Waals surface area contributed by atoms with E-state index in [1.165, 1.54) is 0 Å². The number of hydrogen-bond acceptors (Lipinski definition) is 3. The summed E-state index contributed by atoms with van der Waals surface area (Å²) in [6.45, 7) is 5.58. The molecule has 4 amide bonds. The molecule has 0 aromatic rings. The molecule has 0 bridgehead atoms. The number of barbiturate groups is 1. The Labute approximate surface area is 134 Å². The Morgan fingerprint density at radius 3 is 2.42 bits per heavy atom. The minimum Gasteiger partial charge on any atom is -0.394 e. The Bertz CT molecular complexity index is 408. The molecule has 1 heterocycles. The molecule has 0 aromatic heterocycles. The van der Waals surface area contributed by atoms with Crippen LogP contribution in [0, 0.1) is 11.3 Å². The van der Waals surface area contributed by atoms with Gasteiger partial charge in [-0.1, -0.05) is 18.4 Å². The van der Waals surface area contributed by atoms with Gasteiger partial charge >= 0.3 is 29.6 Å². The van der Waals surface area contributed by atoms with E-state index < -0.39 is 23.3 Å². The van der Waals surface area contributed by atoms with E-state index in [1.54, 1.807) is 6.92 Å². The van der Waals surface area contributed by atoms with E-state index >= 15 is 0 Å². The summed E-state index contributed by atoms with van der Waals surface area (Å²) < 4.78 is 0. The second-order valence-electron chi connectivity index (χ2n) is 5.26. The molecule has 6 heteroatoms.